The molecule has 20 heavy (non-hydrogen) atoms. The van der Waals surface area contributed by atoms with Gasteiger partial charge in [0.05, 0.1) is 4.90 Å². The fraction of sp³-hybridized carbons (Fsp3) is 0.600. The average molecular weight is 318 g/mol. The van der Waals surface area contributed by atoms with E-state index in [4.69, 9.17) is 11.6 Å². The molecule has 0 aliphatic rings. The quantitative estimate of drug-likeness (QED) is 0.651. The molecule has 0 saturated carbocycles. The van der Waals surface area contributed by atoms with Gasteiger partial charge in [0.25, 0.3) is 0 Å². The van der Waals surface area contributed by atoms with Gasteiger partial charge in [-0.25, -0.2) is 13.1 Å². The minimum absolute atomic E-state index is 0.268. The molecule has 0 radical (unpaired) electrons. The molecule has 0 unspecified atom stereocenters. The van der Waals surface area contributed by atoms with Crippen molar-refractivity contribution in [3.05, 3.63) is 29.3 Å². The smallest absolute Gasteiger partial charge is 0.211 e. The van der Waals surface area contributed by atoms with Crippen LogP contribution in [0.1, 0.15) is 51.9 Å². The number of hydrogen-bond donors (Lipinski definition) is 1. The van der Waals surface area contributed by atoms with E-state index in [0.29, 0.717) is 11.6 Å². The molecule has 0 spiro atoms. The van der Waals surface area contributed by atoms with E-state index in [1.54, 1.807) is 12.1 Å². The molecule has 0 atom stereocenters. The molecule has 1 aromatic carbocycles. The Morgan fingerprint density at radius 2 is 1.50 bits per heavy atom. The predicted molar refractivity (Wildman–Crippen MR) is 84.6 cm³/mol. The maximum atomic E-state index is 12.0. The molecule has 0 saturated heterocycles. The summed E-state index contributed by atoms with van der Waals surface area (Å²) >= 11 is 5.74. The van der Waals surface area contributed by atoms with Crippen LogP contribution in [0.5, 0.6) is 0 Å². The van der Waals surface area contributed by atoms with E-state index in [1.807, 2.05) is 0 Å². The molecule has 1 aromatic rings. The van der Waals surface area contributed by atoms with Crippen LogP contribution in [0.15, 0.2) is 29.2 Å². The van der Waals surface area contributed by atoms with Crippen LogP contribution in [0.4, 0.5) is 0 Å². The lowest BCUT2D eigenvalue weighted by atomic mass is 10.1. The molecule has 0 aliphatic heterocycles. The van der Waals surface area contributed by atoms with Gasteiger partial charge in [0.1, 0.15) is 0 Å². The van der Waals surface area contributed by atoms with Crippen LogP contribution < -0.4 is 4.72 Å². The van der Waals surface area contributed by atoms with E-state index in [0.717, 1.165) is 12.8 Å². The second-order valence-electron chi connectivity index (χ2n) is 4.97. The van der Waals surface area contributed by atoms with Crippen molar-refractivity contribution in [1.29, 1.82) is 0 Å². The Balaban J connectivity index is 2.22. The molecular formula is C15H24ClNO2S. The van der Waals surface area contributed by atoms with Crippen molar-refractivity contribution in [1.82, 2.24) is 4.72 Å². The summed E-state index contributed by atoms with van der Waals surface area (Å²) in [5, 5.41) is 0.538. The van der Waals surface area contributed by atoms with Crippen LogP contribution in [0.2, 0.25) is 5.02 Å². The summed E-state index contributed by atoms with van der Waals surface area (Å²) in [6.45, 7) is 2.70. The minimum Gasteiger partial charge on any atom is -0.211 e. The maximum Gasteiger partial charge on any atom is 0.240 e. The van der Waals surface area contributed by atoms with Crippen molar-refractivity contribution in [3.8, 4) is 0 Å². The van der Waals surface area contributed by atoms with Crippen molar-refractivity contribution in [2.75, 3.05) is 6.54 Å². The highest BCUT2D eigenvalue weighted by molar-refractivity contribution is 7.89. The number of sulfonamides is 1. The average Bonchev–Trinajstić information content (AvgIpc) is 2.42. The van der Waals surface area contributed by atoms with E-state index in [2.05, 4.69) is 11.6 Å². The number of halogens is 1. The summed E-state index contributed by atoms with van der Waals surface area (Å²) in [4.78, 5) is 0.268. The van der Waals surface area contributed by atoms with Gasteiger partial charge in [-0.15, -0.1) is 0 Å². The fourth-order valence-electron chi connectivity index (χ4n) is 1.99. The van der Waals surface area contributed by atoms with Gasteiger partial charge in [-0.2, -0.15) is 0 Å². The van der Waals surface area contributed by atoms with Crippen LogP contribution in [-0.2, 0) is 10.0 Å². The van der Waals surface area contributed by atoms with Crippen LogP contribution in [0.25, 0.3) is 0 Å². The molecule has 0 heterocycles. The predicted octanol–water partition coefficient (Wildman–Crippen LogP) is 4.37. The largest absolute Gasteiger partial charge is 0.240 e. The minimum atomic E-state index is -3.39. The van der Waals surface area contributed by atoms with Gasteiger partial charge in [0, 0.05) is 11.6 Å². The number of nitrogens with one attached hydrogen (secondary N) is 1. The van der Waals surface area contributed by atoms with Gasteiger partial charge in [-0.05, 0) is 30.7 Å². The Kier molecular flexibility index (Phi) is 8.19. The van der Waals surface area contributed by atoms with Crippen molar-refractivity contribution < 1.29 is 8.42 Å². The highest BCUT2D eigenvalue weighted by atomic mass is 35.5. The van der Waals surface area contributed by atoms with Gasteiger partial charge < -0.3 is 0 Å². The van der Waals surface area contributed by atoms with Crippen molar-refractivity contribution in [3.63, 3.8) is 0 Å². The summed E-state index contributed by atoms with van der Waals surface area (Å²) < 4.78 is 26.6. The summed E-state index contributed by atoms with van der Waals surface area (Å²) in [5.41, 5.74) is 0. The maximum absolute atomic E-state index is 12.0. The van der Waals surface area contributed by atoms with Crippen molar-refractivity contribution in [2.24, 2.45) is 0 Å². The van der Waals surface area contributed by atoms with Crippen molar-refractivity contribution >= 4 is 21.6 Å². The van der Waals surface area contributed by atoms with Crippen molar-refractivity contribution in [2.45, 2.75) is 56.8 Å². The third-order valence-electron chi connectivity index (χ3n) is 3.20. The summed E-state index contributed by atoms with van der Waals surface area (Å²) in [6.07, 6.45) is 8.23. The first-order valence-electron chi connectivity index (χ1n) is 7.31. The topological polar surface area (TPSA) is 46.2 Å². The number of hydrogen-bond acceptors (Lipinski definition) is 2. The standard InChI is InChI=1S/C15H24ClNO2S/c1-2-3-4-5-6-7-8-13-17-20(18,19)15-11-9-14(16)10-12-15/h9-12,17H,2-8,13H2,1H3. The molecule has 0 fully saturated rings. The summed E-state index contributed by atoms with van der Waals surface area (Å²) in [7, 11) is -3.39. The molecule has 114 valence electrons. The molecule has 0 aromatic heterocycles. The van der Waals surface area contributed by atoms with Gasteiger partial charge in [-0.3, -0.25) is 0 Å². The zero-order valence-corrected chi connectivity index (χ0v) is 13.6. The number of benzene rings is 1. The van der Waals surface area contributed by atoms with E-state index >= 15 is 0 Å². The lowest BCUT2D eigenvalue weighted by molar-refractivity contribution is 0.563. The molecule has 3 nitrogen and oxygen atoms in total. The SMILES string of the molecule is CCCCCCCCCNS(=O)(=O)c1ccc(Cl)cc1. The number of unbranched alkanes of at least 4 members (excludes halogenated alkanes) is 6. The normalized spacial score (nSPS) is 11.7. The van der Waals surface area contributed by atoms with E-state index in [1.165, 1.54) is 44.2 Å². The molecule has 0 aliphatic carbocycles. The Labute approximate surface area is 127 Å². The zero-order chi connectivity index (χ0) is 14.8. The zero-order valence-electron chi connectivity index (χ0n) is 12.1. The lowest BCUT2D eigenvalue weighted by Gasteiger charge is -2.06. The van der Waals surface area contributed by atoms with Gasteiger partial charge in [0.2, 0.25) is 10.0 Å². The van der Waals surface area contributed by atoms with E-state index < -0.39 is 10.0 Å². The molecule has 0 bridgehead atoms. The van der Waals surface area contributed by atoms with E-state index in [9.17, 15) is 8.42 Å². The summed E-state index contributed by atoms with van der Waals surface area (Å²) in [5.74, 6) is 0. The van der Waals surface area contributed by atoms with Gasteiger partial charge in [-0.1, -0.05) is 57.0 Å². The first-order chi connectivity index (χ1) is 9.56. The highest BCUT2D eigenvalue weighted by Crippen LogP contribution is 2.14. The molecule has 1 N–H and O–H groups in total. The first-order valence-corrected chi connectivity index (χ1v) is 9.17. The third-order valence-corrected chi connectivity index (χ3v) is 4.93. The van der Waals surface area contributed by atoms with Gasteiger partial charge >= 0.3 is 0 Å². The Hall–Kier alpha value is -0.580. The Morgan fingerprint density at radius 3 is 2.10 bits per heavy atom. The van der Waals surface area contributed by atoms with Crippen LogP contribution in [-0.4, -0.2) is 15.0 Å². The Morgan fingerprint density at radius 1 is 0.950 bits per heavy atom. The van der Waals surface area contributed by atoms with Crippen LogP contribution in [0.3, 0.4) is 0 Å². The summed E-state index contributed by atoms with van der Waals surface area (Å²) in [6, 6.07) is 6.22. The third kappa shape index (κ3) is 6.73. The first kappa shape index (κ1) is 17.5. The lowest BCUT2D eigenvalue weighted by Crippen LogP contribution is -2.24. The number of rotatable bonds is 10. The van der Waals surface area contributed by atoms with Crippen LogP contribution in [0, 0.1) is 0 Å². The van der Waals surface area contributed by atoms with Crippen LogP contribution >= 0.6 is 11.6 Å². The monoisotopic (exact) mass is 317 g/mol. The van der Waals surface area contributed by atoms with Gasteiger partial charge in [0.15, 0.2) is 0 Å². The Bertz CT molecular complexity index is 471. The second-order valence-corrected chi connectivity index (χ2v) is 7.18. The fourth-order valence-corrected chi connectivity index (χ4v) is 3.19. The molecule has 5 heteroatoms. The van der Waals surface area contributed by atoms with E-state index in [-0.39, 0.29) is 4.90 Å². The second kappa shape index (κ2) is 9.37. The molecule has 0 amide bonds. The molecular weight excluding hydrogens is 294 g/mol. The molecule has 1 rings (SSSR count). The highest BCUT2D eigenvalue weighted by Gasteiger charge is 2.12.